The van der Waals surface area contributed by atoms with Crippen LogP contribution < -0.4 is 9.62 Å². The number of ether oxygens (including phenoxy) is 1. The topological polar surface area (TPSA) is 58.6 Å². The van der Waals surface area contributed by atoms with Gasteiger partial charge in [0.2, 0.25) is 0 Å². The first-order chi connectivity index (χ1) is 11.0. The first-order valence-corrected chi connectivity index (χ1v) is 10.2. The summed E-state index contributed by atoms with van der Waals surface area (Å²) in [6.07, 6.45) is 1.28. The molecule has 124 valence electrons. The van der Waals surface area contributed by atoms with E-state index in [0.29, 0.717) is 5.69 Å². The molecule has 2 aromatic rings. The van der Waals surface area contributed by atoms with Crippen molar-refractivity contribution >= 4 is 48.7 Å². The summed E-state index contributed by atoms with van der Waals surface area (Å²) < 4.78 is 33.6. The van der Waals surface area contributed by atoms with Gasteiger partial charge in [-0.3, -0.25) is 4.72 Å². The van der Waals surface area contributed by atoms with E-state index in [1.807, 2.05) is 12.1 Å². The van der Waals surface area contributed by atoms with Crippen molar-refractivity contribution in [1.29, 1.82) is 0 Å². The fourth-order valence-corrected chi connectivity index (χ4v) is 5.61. The highest BCUT2D eigenvalue weighted by atomic mass is 79.9. The molecule has 2 heterocycles. The van der Waals surface area contributed by atoms with E-state index in [4.69, 9.17) is 4.74 Å². The Morgan fingerprint density at radius 2 is 2.00 bits per heavy atom. The molecule has 1 saturated heterocycles. The maximum absolute atomic E-state index is 12.3. The number of nitrogens with one attached hydrogen (secondary N) is 1. The van der Waals surface area contributed by atoms with Crippen molar-refractivity contribution in [2.45, 2.75) is 16.7 Å². The van der Waals surface area contributed by atoms with Crippen LogP contribution in [0, 0.1) is 0 Å². The SMILES string of the molecule is COC1CCN(c2ccc(NS(=O)(=O)c3ccc(Br)s3)cc2)C1. The van der Waals surface area contributed by atoms with Crippen molar-refractivity contribution < 1.29 is 13.2 Å². The molecule has 1 fully saturated rings. The third-order valence-electron chi connectivity index (χ3n) is 3.78. The fraction of sp³-hybridized carbons (Fsp3) is 0.333. The first-order valence-electron chi connectivity index (χ1n) is 7.14. The summed E-state index contributed by atoms with van der Waals surface area (Å²) in [6, 6.07) is 10.7. The number of anilines is 2. The number of hydrogen-bond acceptors (Lipinski definition) is 5. The number of benzene rings is 1. The van der Waals surface area contributed by atoms with Gasteiger partial charge < -0.3 is 9.64 Å². The lowest BCUT2D eigenvalue weighted by Crippen LogP contribution is -2.22. The molecule has 1 atom stereocenters. The van der Waals surface area contributed by atoms with Gasteiger partial charge in [-0.15, -0.1) is 11.3 Å². The molecule has 0 amide bonds. The fourth-order valence-electron chi connectivity index (χ4n) is 2.54. The highest BCUT2D eigenvalue weighted by Crippen LogP contribution is 2.28. The third kappa shape index (κ3) is 3.88. The van der Waals surface area contributed by atoms with Crippen LogP contribution in [-0.4, -0.2) is 34.7 Å². The number of nitrogens with zero attached hydrogens (tertiary/aromatic N) is 1. The Balaban J connectivity index is 1.70. The largest absolute Gasteiger partial charge is 0.380 e. The normalized spacial score (nSPS) is 18.3. The van der Waals surface area contributed by atoms with Gasteiger partial charge in [0.05, 0.1) is 9.89 Å². The average molecular weight is 417 g/mol. The van der Waals surface area contributed by atoms with Crippen LogP contribution in [0.15, 0.2) is 44.4 Å². The van der Waals surface area contributed by atoms with Crippen LogP contribution in [0.4, 0.5) is 11.4 Å². The number of rotatable bonds is 5. The second-order valence-electron chi connectivity index (χ2n) is 5.30. The van der Waals surface area contributed by atoms with Gasteiger partial charge in [0.15, 0.2) is 0 Å². The van der Waals surface area contributed by atoms with Crippen molar-refractivity contribution in [2.24, 2.45) is 0 Å². The Morgan fingerprint density at radius 1 is 1.26 bits per heavy atom. The average Bonchev–Trinajstić information content (AvgIpc) is 3.16. The molecule has 1 N–H and O–H groups in total. The van der Waals surface area contributed by atoms with Crippen LogP contribution in [-0.2, 0) is 14.8 Å². The Labute approximate surface area is 148 Å². The Hall–Kier alpha value is -1.09. The van der Waals surface area contributed by atoms with Gasteiger partial charge in [-0.2, -0.15) is 0 Å². The van der Waals surface area contributed by atoms with E-state index in [2.05, 4.69) is 25.6 Å². The highest BCUT2D eigenvalue weighted by Gasteiger charge is 2.22. The summed E-state index contributed by atoms with van der Waals surface area (Å²) >= 11 is 4.46. The van der Waals surface area contributed by atoms with Crippen molar-refractivity contribution in [3.8, 4) is 0 Å². The van der Waals surface area contributed by atoms with Crippen molar-refractivity contribution in [2.75, 3.05) is 29.8 Å². The maximum Gasteiger partial charge on any atom is 0.271 e. The quantitative estimate of drug-likeness (QED) is 0.809. The van der Waals surface area contributed by atoms with E-state index in [9.17, 15) is 8.42 Å². The van der Waals surface area contributed by atoms with Gasteiger partial charge in [-0.25, -0.2) is 8.42 Å². The molecule has 0 aliphatic carbocycles. The lowest BCUT2D eigenvalue weighted by atomic mass is 10.2. The van der Waals surface area contributed by atoms with E-state index < -0.39 is 10.0 Å². The van der Waals surface area contributed by atoms with Crippen LogP contribution in [0.3, 0.4) is 0 Å². The summed E-state index contributed by atoms with van der Waals surface area (Å²) in [4.78, 5) is 2.24. The van der Waals surface area contributed by atoms with Gasteiger partial charge in [-0.1, -0.05) is 0 Å². The zero-order valence-corrected chi connectivity index (χ0v) is 15.7. The molecule has 1 aliphatic rings. The zero-order valence-electron chi connectivity index (χ0n) is 12.5. The number of halogens is 1. The number of thiophene rings is 1. The molecule has 1 aliphatic heterocycles. The minimum atomic E-state index is -3.53. The lowest BCUT2D eigenvalue weighted by Gasteiger charge is -2.18. The smallest absolute Gasteiger partial charge is 0.271 e. The highest BCUT2D eigenvalue weighted by molar-refractivity contribution is 9.11. The van der Waals surface area contributed by atoms with Crippen LogP contribution in [0.1, 0.15) is 6.42 Å². The van der Waals surface area contributed by atoms with E-state index in [1.54, 1.807) is 31.4 Å². The molecular weight excluding hydrogens is 400 g/mol. The third-order valence-corrected chi connectivity index (χ3v) is 7.27. The van der Waals surface area contributed by atoms with Crippen molar-refractivity contribution in [3.05, 3.63) is 40.2 Å². The Morgan fingerprint density at radius 3 is 2.57 bits per heavy atom. The van der Waals surface area contributed by atoms with Gasteiger partial charge in [0.1, 0.15) is 4.21 Å². The Kier molecular flexibility index (Phi) is 4.96. The monoisotopic (exact) mass is 416 g/mol. The summed E-state index contributed by atoms with van der Waals surface area (Å²) in [5.41, 5.74) is 1.63. The molecule has 0 radical (unpaired) electrons. The van der Waals surface area contributed by atoms with E-state index in [1.165, 1.54) is 11.3 Å². The van der Waals surface area contributed by atoms with Gasteiger partial charge in [-0.05, 0) is 58.7 Å². The first kappa shape index (κ1) is 16.8. The maximum atomic E-state index is 12.3. The Bertz CT molecular complexity index is 774. The second kappa shape index (κ2) is 6.80. The molecule has 0 bridgehead atoms. The molecule has 1 aromatic carbocycles. The molecule has 5 nitrogen and oxygen atoms in total. The predicted molar refractivity (Wildman–Crippen MR) is 96.9 cm³/mol. The number of hydrogen-bond donors (Lipinski definition) is 1. The lowest BCUT2D eigenvalue weighted by molar-refractivity contribution is 0.121. The number of methoxy groups -OCH3 is 1. The van der Waals surface area contributed by atoms with E-state index in [0.717, 1.165) is 29.0 Å². The van der Waals surface area contributed by atoms with Crippen LogP contribution in [0.5, 0.6) is 0 Å². The predicted octanol–water partition coefficient (Wildman–Crippen LogP) is 3.54. The molecule has 8 heteroatoms. The van der Waals surface area contributed by atoms with Crippen LogP contribution in [0.2, 0.25) is 0 Å². The minimum Gasteiger partial charge on any atom is -0.380 e. The minimum absolute atomic E-state index is 0.269. The molecule has 23 heavy (non-hydrogen) atoms. The summed E-state index contributed by atoms with van der Waals surface area (Å²) in [5, 5.41) is 0. The molecule has 0 spiro atoms. The molecule has 0 saturated carbocycles. The zero-order chi connectivity index (χ0) is 16.4. The standard InChI is InChI=1S/C15H17BrN2O3S2/c1-21-13-8-9-18(10-13)12-4-2-11(3-5-12)17-23(19,20)15-7-6-14(16)22-15/h2-7,13,17H,8-10H2,1H3. The van der Waals surface area contributed by atoms with Crippen LogP contribution >= 0.6 is 27.3 Å². The summed E-state index contributed by atoms with van der Waals surface area (Å²) in [7, 11) is -1.80. The van der Waals surface area contributed by atoms with Crippen molar-refractivity contribution in [3.63, 3.8) is 0 Å². The molecule has 3 rings (SSSR count). The van der Waals surface area contributed by atoms with Crippen LogP contribution in [0.25, 0.3) is 0 Å². The summed E-state index contributed by atoms with van der Waals surface area (Å²) in [6.45, 7) is 1.82. The summed E-state index contributed by atoms with van der Waals surface area (Å²) in [5.74, 6) is 0. The van der Waals surface area contributed by atoms with Gasteiger partial charge >= 0.3 is 0 Å². The number of sulfonamides is 1. The van der Waals surface area contributed by atoms with E-state index >= 15 is 0 Å². The van der Waals surface area contributed by atoms with Crippen molar-refractivity contribution in [1.82, 2.24) is 0 Å². The van der Waals surface area contributed by atoms with Gasteiger partial charge in [0, 0.05) is 31.6 Å². The molecule has 1 unspecified atom stereocenters. The second-order valence-corrected chi connectivity index (χ2v) is 9.68. The van der Waals surface area contributed by atoms with E-state index in [-0.39, 0.29) is 10.3 Å². The van der Waals surface area contributed by atoms with Gasteiger partial charge in [0.25, 0.3) is 10.0 Å². The molecular formula is C15H17BrN2O3S2. The molecule has 1 aromatic heterocycles.